The van der Waals surface area contributed by atoms with Crippen LogP contribution in [-0.4, -0.2) is 4.98 Å². The van der Waals surface area contributed by atoms with E-state index in [1.165, 1.54) is 61.0 Å². The molecule has 1 aromatic heterocycles. The van der Waals surface area contributed by atoms with E-state index in [-0.39, 0.29) is 0 Å². The fraction of sp³-hybridized carbons (Fsp3) is 0.0263. The summed E-state index contributed by atoms with van der Waals surface area (Å²) in [5, 5.41) is 3.60. The highest BCUT2D eigenvalue weighted by molar-refractivity contribution is 6.12. The van der Waals surface area contributed by atoms with Crippen LogP contribution in [-0.2, 0) is 0 Å². The van der Waals surface area contributed by atoms with Gasteiger partial charge in [0.15, 0.2) is 0 Å². The molecule has 0 fully saturated rings. The van der Waals surface area contributed by atoms with Crippen molar-refractivity contribution in [1.82, 2.24) is 4.98 Å². The lowest BCUT2D eigenvalue weighted by molar-refractivity contribution is 1.43. The number of pyridine rings is 1. The number of aryl methyl sites for hydroxylation is 1. The minimum atomic E-state index is 1.02. The Balaban J connectivity index is 1.31. The van der Waals surface area contributed by atoms with Gasteiger partial charge in [0, 0.05) is 27.6 Å². The van der Waals surface area contributed by atoms with Crippen LogP contribution in [0.4, 0.5) is 17.1 Å². The topological polar surface area (TPSA) is 15.9 Å². The van der Waals surface area contributed by atoms with Gasteiger partial charge in [0.1, 0.15) is 0 Å². The molecule has 2 heterocycles. The maximum absolute atomic E-state index is 5.16. The molecule has 6 aromatic carbocycles. The molecule has 0 atom stereocenters. The lowest BCUT2D eigenvalue weighted by Gasteiger charge is -2.12. The average Bonchev–Trinajstić information content (AvgIpc) is 3.76. The molecule has 0 amide bonds. The van der Waals surface area contributed by atoms with Gasteiger partial charge in [-0.2, -0.15) is 0 Å². The Bertz CT molecular complexity index is 2070. The highest BCUT2D eigenvalue weighted by Gasteiger charge is 2.35. The molecule has 40 heavy (non-hydrogen) atoms. The van der Waals surface area contributed by atoms with Crippen molar-refractivity contribution >= 4 is 38.7 Å². The van der Waals surface area contributed by atoms with Crippen LogP contribution < -0.4 is 4.90 Å². The van der Waals surface area contributed by atoms with Crippen LogP contribution in [0.2, 0.25) is 0 Å². The quantitative estimate of drug-likeness (QED) is 0.173. The van der Waals surface area contributed by atoms with E-state index in [1.807, 2.05) is 0 Å². The van der Waals surface area contributed by atoms with Crippen molar-refractivity contribution in [3.8, 4) is 33.5 Å². The number of hydrogen-bond donors (Lipinski definition) is 0. The van der Waals surface area contributed by atoms with Crippen LogP contribution in [0.15, 0.2) is 140 Å². The maximum Gasteiger partial charge on any atom is 0.0788 e. The molecule has 0 bridgehead atoms. The van der Waals surface area contributed by atoms with Gasteiger partial charge in [0.05, 0.1) is 22.6 Å². The van der Waals surface area contributed by atoms with Crippen LogP contribution in [0, 0.1) is 6.92 Å². The Morgan fingerprint density at radius 1 is 0.500 bits per heavy atom. The Morgan fingerprint density at radius 2 is 1.20 bits per heavy atom. The fourth-order valence-corrected chi connectivity index (χ4v) is 6.04. The van der Waals surface area contributed by atoms with Gasteiger partial charge in [-0.1, -0.05) is 103 Å². The number of rotatable bonds is 4. The third-order valence-corrected chi connectivity index (χ3v) is 8.03. The molecule has 0 N–H and O–H groups in total. The molecular formula is C38H26N2. The molecule has 188 valence electrons. The van der Waals surface area contributed by atoms with E-state index in [2.05, 4.69) is 151 Å². The van der Waals surface area contributed by atoms with E-state index < -0.39 is 0 Å². The zero-order chi connectivity index (χ0) is 26.6. The third kappa shape index (κ3) is 3.61. The second-order valence-corrected chi connectivity index (χ2v) is 10.5. The third-order valence-electron chi connectivity index (χ3n) is 8.03. The number of benzene rings is 6. The van der Waals surface area contributed by atoms with Gasteiger partial charge in [0.25, 0.3) is 0 Å². The SMILES string of the molecule is Cc1ccccc1-c1cc(-c2cccc(-c3nc4ccccc4c4ccccc34)c2)cc2c1N2c1ccccc1. The van der Waals surface area contributed by atoms with Crippen molar-refractivity contribution in [1.29, 1.82) is 0 Å². The van der Waals surface area contributed by atoms with Crippen molar-refractivity contribution < 1.29 is 0 Å². The summed E-state index contributed by atoms with van der Waals surface area (Å²) in [6.45, 7) is 2.20. The van der Waals surface area contributed by atoms with Crippen LogP contribution in [0.25, 0.3) is 55.2 Å². The van der Waals surface area contributed by atoms with E-state index in [4.69, 9.17) is 4.98 Å². The largest absolute Gasteiger partial charge is 0.306 e. The fourth-order valence-electron chi connectivity index (χ4n) is 6.04. The van der Waals surface area contributed by atoms with Gasteiger partial charge in [-0.3, -0.25) is 0 Å². The second kappa shape index (κ2) is 8.93. The van der Waals surface area contributed by atoms with E-state index in [0.717, 1.165) is 16.8 Å². The average molecular weight is 511 g/mol. The number of anilines is 3. The number of hydrogen-bond acceptors (Lipinski definition) is 2. The summed E-state index contributed by atoms with van der Waals surface area (Å²) in [5.74, 6) is 0. The predicted molar refractivity (Wildman–Crippen MR) is 169 cm³/mol. The van der Waals surface area contributed by atoms with Crippen molar-refractivity contribution in [2.75, 3.05) is 4.90 Å². The molecular weight excluding hydrogens is 484 g/mol. The summed E-state index contributed by atoms with van der Waals surface area (Å²) in [6.07, 6.45) is 0. The Kier molecular flexibility index (Phi) is 5.08. The van der Waals surface area contributed by atoms with E-state index in [0.29, 0.717) is 0 Å². The second-order valence-electron chi connectivity index (χ2n) is 10.5. The van der Waals surface area contributed by atoms with Crippen molar-refractivity contribution in [3.63, 3.8) is 0 Å². The van der Waals surface area contributed by atoms with Crippen LogP contribution in [0.3, 0.4) is 0 Å². The molecule has 0 unspecified atom stereocenters. The van der Waals surface area contributed by atoms with Gasteiger partial charge in [-0.05, 0) is 71.0 Å². The molecule has 0 aliphatic carbocycles. The number of para-hydroxylation sites is 2. The molecule has 0 saturated carbocycles. The highest BCUT2D eigenvalue weighted by Crippen LogP contribution is 2.60. The minimum absolute atomic E-state index is 1.02. The Labute approximate surface area is 233 Å². The van der Waals surface area contributed by atoms with Gasteiger partial charge in [0.2, 0.25) is 0 Å². The molecule has 0 saturated heterocycles. The first-order valence-corrected chi connectivity index (χ1v) is 13.7. The molecule has 1 aliphatic rings. The number of nitrogens with zero attached hydrogens (tertiary/aromatic N) is 2. The first kappa shape index (κ1) is 22.7. The lowest BCUT2D eigenvalue weighted by Crippen LogP contribution is -1.90. The normalized spacial score (nSPS) is 12.1. The summed E-state index contributed by atoms with van der Waals surface area (Å²) in [7, 11) is 0. The standard InChI is InChI=1S/C38H26N2/c1-25-12-5-6-17-30(25)34-23-28(24-36-38(34)40(36)29-15-3-2-4-16-29)26-13-11-14-27(22-26)37-33-20-8-7-18-31(33)32-19-9-10-21-35(32)39-37/h2-24H,1H3. The van der Waals surface area contributed by atoms with Crippen molar-refractivity contribution in [2.24, 2.45) is 0 Å². The number of aromatic nitrogens is 1. The van der Waals surface area contributed by atoms with Gasteiger partial charge < -0.3 is 4.90 Å². The van der Waals surface area contributed by atoms with E-state index >= 15 is 0 Å². The van der Waals surface area contributed by atoms with Gasteiger partial charge in [-0.25, -0.2) is 4.98 Å². The molecule has 7 aromatic rings. The summed E-state index contributed by atoms with van der Waals surface area (Å²) >= 11 is 0. The molecule has 8 rings (SSSR count). The zero-order valence-corrected chi connectivity index (χ0v) is 22.2. The van der Waals surface area contributed by atoms with Crippen molar-refractivity contribution in [3.05, 3.63) is 145 Å². The van der Waals surface area contributed by atoms with Crippen molar-refractivity contribution in [2.45, 2.75) is 6.92 Å². The van der Waals surface area contributed by atoms with Crippen LogP contribution in [0.1, 0.15) is 5.56 Å². The first-order valence-electron chi connectivity index (χ1n) is 13.7. The highest BCUT2D eigenvalue weighted by atomic mass is 15.3. The zero-order valence-electron chi connectivity index (χ0n) is 22.2. The summed E-state index contributed by atoms with van der Waals surface area (Å²) in [6, 6.07) is 49.9. The number of fused-ring (bicyclic) bond motifs is 4. The Hall–Kier alpha value is -5.21. The van der Waals surface area contributed by atoms with E-state index in [1.54, 1.807) is 0 Å². The first-order chi connectivity index (χ1) is 19.8. The monoisotopic (exact) mass is 510 g/mol. The predicted octanol–water partition coefficient (Wildman–Crippen LogP) is 10.5. The smallest absolute Gasteiger partial charge is 0.0788 e. The van der Waals surface area contributed by atoms with E-state index in [9.17, 15) is 0 Å². The van der Waals surface area contributed by atoms with Crippen LogP contribution >= 0.6 is 0 Å². The molecule has 0 spiro atoms. The summed E-state index contributed by atoms with van der Waals surface area (Å²) in [4.78, 5) is 7.53. The van der Waals surface area contributed by atoms with Gasteiger partial charge >= 0.3 is 0 Å². The summed E-state index contributed by atoms with van der Waals surface area (Å²) in [5.41, 5.74) is 13.2. The minimum Gasteiger partial charge on any atom is -0.306 e. The maximum atomic E-state index is 5.16. The molecule has 2 nitrogen and oxygen atoms in total. The van der Waals surface area contributed by atoms with Crippen LogP contribution in [0.5, 0.6) is 0 Å². The van der Waals surface area contributed by atoms with Gasteiger partial charge in [-0.15, -0.1) is 0 Å². The Morgan fingerprint density at radius 3 is 2.05 bits per heavy atom. The lowest BCUT2D eigenvalue weighted by atomic mass is 9.94. The molecule has 1 aliphatic heterocycles. The summed E-state index contributed by atoms with van der Waals surface area (Å²) < 4.78 is 0. The molecule has 2 heteroatoms. The molecule has 0 radical (unpaired) electrons.